The number of nitrogens with zero attached hydrogens (tertiary/aromatic N) is 3. The molecule has 3 heterocycles. The molecule has 4 aromatic rings. The molecule has 0 spiro atoms. The van der Waals surface area contributed by atoms with Crippen LogP contribution in [0.1, 0.15) is 0 Å². The van der Waals surface area contributed by atoms with Gasteiger partial charge in [-0.25, -0.2) is 13.8 Å². The second kappa shape index (κ2) is 6.76. The molecule has 26 heavy (non-hydrogen) atoms. The minimum Gasteiger partial charge on any atom is -0.289 e. The number of fused-ring (bicyclic) bond motifs is 1. The van der Waals surface area contributed by atoms with Crippen molar-refractivity contribution in [1.29, 1.82) is 0 Å². The first-order valence-corrected chi connectivity index (χ1v) is 8.81. The second-order valence-electron chi connectivity index (χ2n) is 5.65. The Morgan fingerprint density at radius 1 is 1.04 bits per heavy atom. The van der Waals surface area contributed by atoms with Gasteiger partial charge in [0.05, 0.1) is 11.9 Å². The third-order valence-corrected chi connectivity index (χ3v) is 4.97. The van der Waals surface area contributed by atoms with Crippen LogP contribution in [0, 0.1) is 5.82 Å². The fourth-order valence-electron chi connectivity index (χ4n) is 2.88. The third-order valence-electron chi connectivity index (χ3n) is 4.10. The first kappa shape index (κ1) is 16.5. The van der Waals surface area contributed by atoms with E-state index < -0.39 is 6.67 Å². The lowest BCUT2D eigenvalue weighted by molar-refractivity contribution is 0.441. The van der Waals surface area contributed by atoms with Gasteiger partial charge in [0.2, 0.25) is 0 Å². The highest BCUT2D eigenvalue weighted by Gasteiger charge is 2.18. The van der Waals surface area contributed by atoms with Crippen molar-refractivity contribution in [3.8, 4) is 22.5 Å². The number of pyridine rings is 1. The highest BCUT2D eigenvalue weighted by molar-refractivity contribution is 7.17. The summed E-state index contributed by atoms with van der Waals surface area (Å²) in [6.07, 6.45) is 3.20. The average molecular weight is 369 g/mol. The molecule has 0 bridgehead atoms. The molecule has 0 saturated carbocycles. The van der Waals surface area contributed by atoms with Crippen LogP contribution in [-0.2, 0) is 6.54 Å². The van der Waals surface area contributed by atoms with Gasteiger partial charge in [-0.15, -0.1) is 11.3 Å². The van der Waals surface area contributed by atoms with Crippen LogP contribution in [0.5, 0.6) is 0 Å². The summed E-state index contributed by atoms with van der Waals surface area (Å²) in [6, 6.07) is 9.39. The van der Waals surface area contributed by atoms with E-state index in [-0.39, 0.29) is 17.9 Å². The smallest absolute Gasteiger partial charge is 0.263 e. The van der Waals surface area contributed by atoms with Crippen molar-refractivity contribution in [3.63, 3.8) is 0 Å². The molecule has 130 valence electrons. The number of halogens is 2. The highest BCUT2D eigenvalue weighted by atomic mass is 32.1. The molecule has 0 saturated heterocycles. The molecule has 0 fully saturated rings. The molecule has 3 aromatic heterocycles. The summed E-state index contributed by atoms with van der Waals surface area (Å²) >= 11 is 1.34. The lowest BCUT2D eigenvalue weighted by Gasteiger charge is -2.11. The molecule has 7 heteroatoms. The van der Waals surface area contributed by atoms with Crippen LogP contribution < -0.4 is 5.56 Å². The monoisotopic (exact) mass is 369 g/mol. The van der Waals surface area contributed by atoms with Crippen molar-refractivity contribution in [3.05, 3.63) is 70.3 Å². The normalized spacial score (nSPS) is 11.2. The molecular weight excluding hydrogens is 356 g/mol. The lowest BCUT2D eigenvalue weighted by Crippen LogP contribution is -2.24. The zero-order valence-corrected chi connectivity index (χ0v) is 14.3. The van der Waals surface area contributed by atoms with E-state index in [4.69, 9.17) is 0 Å². The quantitative estimate of drug-likeness (QED) is 0.539. The topological polar surface area (TPSA) is 47.8 Å². The maximum absolute atomic E-state index is 13.2. The Hall–Kier alpha value is -2.93. The maximum Gasteiger partial charge on any atom is 0.263 e. The minimum atomic E-state index is -0.679. The molecule has 0 N–H and O–H groups in total. The van der Waals surface area contributed by atoms with Gasteiger partial charge in [-0.3, -0.25) is 14.3 Å². The van der Waals surface area contributed by atoms with E-state index in [0.717, 1.165) is 5.56 Å². The third kappa shape index (κ3) is 2.80. The molecule has 0 radical (unpaired) electrons. The fraction of sp³-hybridized carbons (Fsp3) is 0.105. The molecule has 4 nitrogen and oxygen atoms in total. The zero-order chi connectivity index (χ0) is 18.1. The minimum absolute atomic E-state index is 0.0852. The number of alkyl halides is 1. The first-order chi connectivity index (χ1) is 12.7. The molecule has 0 aliphatic heterocycles. The van der Waals surface area contributed by atoms with Crippen LogP contribution in [0.2, 0.25) is 0 Å². The van der Waals surface area contributed by atoms with E-state index in [2.05, 4.69) is 9.97 Å². The van der Waals surface area contributed by atoms with E-state index in [1.807, 2.05) is 5.38 Å². The van der Waals surface area contributed by atoms with Gasteiger partial charge in [0, 0.05) is 28.9 Å². The van der Waals surface area contributed by atoms with Gasteiger partial charge < -0.3 is 0 Å². The highest BCUT2D eigenvalue weighted by Crippen LogP contribution is 2.32. The van der Waals surface area contributed by atoms with Crippen molar-refractivity contribution >= 4 is 21.6 Å². The standard InChI is InChI=1S/C19H13F2N3OS/c20-7-10-24-17(13-5-8-22-9-6-13)23-18-16(19(24)25)15(11-26-18)12-1-3-14(21)4-2-12/h1-6,8-9,11H,7,10H2. The number of hydrogen-bond acceptors (Lipinski definition) is 4. The van der Waals surface area contributed by atoms with Crippen molar-refractivity contribution in [1.82, 2.24) is 14.5 Å². The van der Waals surface area contributed by atoms with Crippen LogP contribution in [-0.4, -0.2) is 21.2 Å². The van der Waals surface area contributed by atoms with E-state index >= 15 is 0 Å². The van der Waals surface area contributed by atoms with E-state index in [9.17, 15) is 13.6 Å². The number of hydrogen-bond donors (Lipinski definition) is 0. The molecule has 0 amide bonds. The first-order valence-electron chi connectivity index (χ1n) is 7.93. The SMILES string of the molecule is O=c1c2c(-c3ccc(F)cc3)csc2nc(-c2ccncc2)n1CCF. The van der Waals surface area contributed by atoms with Gasteiger partial charge in [-0.05, 0) is 29.8 Å². The van der Waals surface area contributed by atoms with Gasteiger partial charge in [0.25, 0.3) is 5.56 Å². The molecule has 0 aliphatic carbocycles. The van der Waals surface area contributed by atoms with Crippen molar-refractivity contribution in [2.45, 2.75) is 6.54 Å². The second-order valence-corrected chi connectivity index (χ2v) is 6.51. The summed E-state index contributed by atoms with van der Waals surface area (Å²) in [6.45, 7) is -0.765. The van der Waals surface area contributed by atoms with E-state index in [0.29, 0.717) is 27.2 Å². The summed E-state index contributed by atoms with van der Waals surface area (Å²) in [7, 11) is 0. The van der Waals surface area contributed by atoms with Crippen molar-refractivity contribution in [2.24, 2.45) is 0 Å². The fourth-order valence-corrected chi connectivity index (χ4v) is 3.82. The summed E-state index contributed by atoms with van der Waals surface area (Å²) in [4.78, 5) is 22.2. The van der Waals surface area contributed by atoms with Crippen molar-refractivity contribution in [2.75, 3.05) is 6.67 Å². The Labute approximate surface area is 151 Å². The summed E-state index contributed by atoms with van der Waals surface area (Å²) in [5.41, 5.74) is 1.79. The zero-order valence-electron chi connectivity index (χ0n) is 13.5. The Morgan fingerprint density at radius 2 is 1.77 bits per heavy atom. The summed E-state index contributed by atoms with van der Waals surface area (Å²) < 4.78 is 27.7. The Morgan fingerprint density at radius 3 is 2.46 bits per heavy atom. The van der Waals surface area contributed by atoms with Crippen LogP contribution in [0.3, 0.4) is 0 Å². The van der Waals surface area contributed by atoms with Gasteiger partial charge in [0.1, 0.15) is 23.1 Å². The average Bonchev–Trinajstić information content (AvgIpc) is 3.09. The van der Waals surface area contributed by atoms with Gasteiger partial charge in [-0.2, -0.15) is 0 Å². The van der Waals surface area contributed by atoms with Gasteiger partial charge >= 0.3 is 0 Å². The van der Waals surface area contributed by atoms with Crippen LogP contribution in [0.4, 0.5) is 8.78 Å². The van der Waals surface area contributed by atoms with Crippen LogP contribution >= 0.6 is 11.3 Å². The molecular formula is C19H13F2N3OS. The number of thiophene rings is 1. The predicted octanol–water partition coefficient (Wildman–Crippen LogP) is 4.30. The molecule has 0 unspecified atom stereocenters. The van der Waals surface area contributed by atoms with Crippen LogP contribution in [0.15, 0.2) is 59.0 Å². The summed E-state index contributed by atoms with van der Waals surface area (Å²) in [5, 5.41) is 2.25. The Bertz CT molecular complexity index is 1120. The van der Waals surface area contributed by atoms with E-state index in [1.165, 1.54) is 28.0 Å². The van der Waals surface area contributed by atoms with Crippen molar-refractivity contribution < 1.29 is 8.78 Å². The largest absolute Gasteiger partial charge is 0.289 e. The molecule has 1 aromatic carbocycles. The molecule has 0 aliphatic rings. The summed E-state index contributed by atoms with van der Waals surface area (Å²) in [5.74, 6) is 0.0660. The lowest BCUT2D eigenvalue weighted by atomic mass is 10.1. The number of rotatable bonds is 4. The Kier molecular flexibility index (Phi) is 4.30. The molecule has 4 rings (SSSR count). The number of aromatic nitrogens is 3. The maximum atomic E-state index is 13.2. The Balaban J connectivity index is 1.99. The van der Waals surface area contributed by atoms with E-state index in [1.54, 1.807) is 36.7 Å². The van der Waals surface area contributed by atoms with Crippen LogP contribution in [0.25, 0.3) is 32.7 Å². The van der Waals surface area contributed by atoms with Gasteiger partial charge in [-0.1, -0.05) is 12.1 Å². The number of benzene rings is 1. The predicted molar refractivity (Wildman–Crippen MR) is 98.5 cm³/mol. The van der Waals surface area contributed by atoms with Gasteiger partial charge in [0.15, 0.2) is 0 Å². The molecule has 0 atom stereocenters.